The van der Waals surface area contributed by atoms with Crippen LogP contribution in [0.15, 0.2) is 6.07 Å². The van der Waals surface area contributed by atoms with Gasteiger partial charge in [-0.25, -0.2) is 9.97 Å². The third-order valence-corrected chi connectivity index (χ3v) is 5.52. The fourth-order valence-electron chi connectivity index (χ4n) is 5.28. The quantitative estimate of drug-likeness (QED) is 0.872. The molecule has 21 heavy (non-hydrogen) atoms. The minimum Gasteiger partial charge on any atom is -0.368 e. The highest BCUT2D eigenvalue weighted by Gasteiger charge is 2.51. The van der Waals surface area contributed by atoms with Crippen molar-refractivity contribution in [3.63, 3.8) is 0 Å². The van der Waals surface area contributed by atoms with Crippen LogP contribution >= 0.6 is 0 Å². The lowest BCUT2D eigenvalue weighted by atomic mass is 9.53. The number of hydrogen-bond acceptors (Lipinski definition) is 4. The summed E-state index contributed by atoms with van der Waals surface area (Å²) in [5.41, 5.74) is 6.80. The van der Waals surface area contributed by atoms with E-state index in [2.05, 4.69) is 15.3 Å². The van der Waals surface area contributed by atoms with E-state index in [4.69, 9.17) is 5.73 Å². The molecule has 0 radical (unpaired) electrons. The maximum Gasteiger partial charge on any atom is 0.270 e. The summed E-state index contributed by atoms with van der Waals surface area (Å²) >= 11 is 0. The van der Waals surface area contributed by atoms with Crippen LogP contribution in [0.2, 0.25) is 0 Å². The molecule has 4 fully saturated rings. The maximum absolute atomic E-state index is 12.6. The lowest BCUT2D eigenvalue weighted by Gasteiger charge is -2.56. The van der Waals surface area contributed by atoms with E-state index in [-0.39, 0.29) is 17.4 Å². The molecule has 0 unspecified atom stereocenters. The van der Waals surface area contributed by atoms with Gasteiger partial charge in [-0.2, -0.15) is 0 Å². The van der Waals surface area contributed by atoms with Gasteiger partial charge in [-0.3, -0.25) is 4.79 Å². The summed E-state index contributed by atoms with van der Waals surface area (Å²) in [6.07, 6.45) is 7.54. The van der Waals surface area contributed by atoms with Crippen LogP contribution in [0.1, 0.15) is 54.7 Å². The zero-order chi connectivity index (χ0) is 14.6. The second-order valence-corrected chi connectivity index (χ2v) is 7.40. The zero-order valence-electron chi connectivity index (χ0n) is 12.4. The van der Waals surface area contributed by atoms with Gasteiger partial charge < -0.3 is 11.1 Å². The smallest absolute Gasteiger partial charge is 0.270 e. The minimum absolute atomic E-state index is 0.0133. The van der Waals surface area contributed by atoms with E-state index in [1.807, 2.05) is 6.92 Å². The predicted molar refractivity (Wildman–Crippen MR) is 79.6 cm³/mol. The molecule has 1 aromatic heterocycles. The molecule has 0 saturated heterocycles. The second-order valence-electron chi connectivity index (χ2n) is 7.40. The van der Waals surface area contributed by atoms with Crippen LogP contribution < -0.4 is 11.1 Å². The minimum atomic E-state index is -0.0887. The number of nitrogens with one attached hydrogen (secondary N) is 1. The summed E-state index contributed by atoms with van der Waals surface area (Å²) in [6.45, 7) is 1.83. The monoisotopic (exact) mass is 286 g/mol. The molecule has 4 saturated carbocycles. The Kier molecular flexibility index (Phi) is 2.75. The van der Waals surface area contributed by atoms with Crippen molar-refractivity contribution in [3.05, 3.63) is 17.5 Å². The van der Waals surface area contributed by atoms with Crippen LogP contribution in [0.3, 0.4) is 0 Å². The summed E-state index contributed by atoms with van der Waals surface area (Å²) in [7, 11) is 0. The Balaban J connectivity index is 1.56. The van der Waals surface area contributed by atoms with E-state index < -0.39 is 0 Å². The molecule has 0 spiro atoms. The van der Waals surface area contributed by atoms with E-state index >= 15 is 0 Å². The van der Waals surface area contributed by atoms with Crippen LogP contribution in [0.25, 0.3) is 0 Å². The molecule has 5 nitrogen and oxygen atoms in total. The lowest BCUT2D eigenvalue weighted by molar-refractivity contribution is -0.0167. The van der Waals surface area contributed by atoms with Crippen LogP contribution in [0.4, 0.5) is 5.95 Å². The maximum atomic E-state index is 12.6. The van der Waals surface area contributed by atoms with Crippen molar-refractivity contribution in [3.8, 4) is 0 Å². The van der Waals surface area contributed by atoms with Gasteiger partial charge in [-0.1, -0.05) is 0 Å². The van der Waals surface area contributed by atoms with Crippen molar-refractivity contribution >= 4 is 11.9 Å². The van der Waals surface area contributed by atoms with Gasteiger partial charge in [0.25, 0.3) is 5.91 Å². The highest BCUT2D eigenvalue weighted by molar-refractivity contribution is 5.93. The number of hydrogen-bond donors (Lipinski definition) is 2. The third kappa shape index (κ3) is 2.28. The molecule has 4 bridgehead atoms. The Labute approximate surface area is 124 Å². The Morgan fingerprint density at radius 3 is 2.29 bits per heavy atom. The largest absolute Gasteiger partial charge is 0.368 e. The van der Waals surface area contributed by atoms with E-state index in [1.54, 1.807) is 6.07 Å². The highest BCUT2D eigenvalue weighted by Crippen LogP contribution is 2.55. The summed E-state index contributed by atoms with van der Waals surface area (Å²) in [5.74, 6) is 2.52. The Morgan fingerprint density at radius 1 is 1.19 bits per heavy atom. The van der Waals surface area contributed by atoms with Gasteiger partial charge in [0.1, 0.15) is 5.69 Å². The molecular formula is C16H22N4O. The number of nitrogens with zero attached hydrogens (tertiary/aromatic N) is 2. The van der Waals surface area contributed by atoms with E-state index in [9.17, 15) is 4.79 Å². The first-order valence-electron chi connectivity index (χ1n) is 7.95. The van der Waals surface area contributed by atoms with Gasteiger partial charge in [-0.05, 0) is 69.3 Å². The van der Waals surface area contributed by atoms with Crippen molar-refractivity contribution in [2.24, 2.45) is 17.8 Å². The number of aromatic nitrogens is 2. The van der Waals surface area contributed by atoms with Crippen LogP contribution in [-0.4, -0.2) is 21.4 Å². The first kappa shape index (κ1) is 13.0. The van der Waals surface area contributed by atoms with E-state index in [0.717, 1.165) is 42.7 Å². The van der Waals surface area contributed by atoms with E-state index in [0.29, 0.717) is 5.69 Å². The van der Waals surface area contributed by atoms with Gasteiger partial charge in [0, 0.05) is 11.2 Å². The number of rotatable bonds is 2. The molecule has 112 valence electrons. The molecule has 5 heteroatoms. The standard InChI is InChI=1S/C16H22N4O/c1-9-2-13(19-15(17)18-9)14(21)20-16-6-10-3-11(7-16)5-12(4-10)8-16/h2,10-12H,3-8H2,1H3,(H,20,21)(H2,17,18,19). The first-order valence-corrected chi connectivity index (χ1v) is 7.95. The summed E-state index contributed by atoms with van der Waals surface area (Å²) in [5, 5.41) is 3.31. The molecule has 1 aromatic rings. The third-order valence-electron chi connectivity index (χ3n) is 5.52. The SMILES string of the molecule is Cc1cc(C(=O)NC23CC4CC(CC(C4)C2)C3)nc(N)n1. The molecule has 5 rings (SSSR count). The topological polar surface area (TPSA) is 80.9 Å². The Hall–Kier alpha value is -1.65. The highest BCUT2D eigenvalue weighted by atomic mass is 16.2. The van der Waals surface area contributed by atoms with Crippen molar-refractivity contribution in [1.82, 2.24) is 15.3 Å². The Morgan fingerprint density at radius 2 is 1.76 bits per heavy atom. The molecular weight excluding hydrogens is 264 g/mol. The van der Waals surface area contributed by atoms with E-state index in [1.165, 1.54) is 19.3 Å². The molecule has 0 aromatic carbocycles. The molecule has 1 amide bonds. The molecule has 4 aliphatic rings. The number of anilines is 1. The van der Waals surface area contributed by atoms with Crippen molar-refractivity contribution in [2.75, 3.05) is 5.73 Å². The van der Waals surface area contributed by atoms with Crippen LogP contribution in [-0.2, 0) is 0 Å². The van der Waals surface area contributed by atoms with Gasteiger partial charge in [0.2, 0.25) is 5.95 Å². The predicted octanol–water partition coefficient (Wildman–Crippen LogP) is 2.07. The molecule has 3 N–H and O–H groups in total. The van der Waals surface area contributed by atoms with Crippen LogP contribution in [0, 0.1) is 24.7 Å². The number of aryl methyl sites for hydroxylation is 1. The molecule has 0 atom stereocenters. The average Bonchev–Trinajstić information content (AvgIpc) is 2.35. The number of carbonyl (C=O) groups excluding carboxylic acids is 1. The normalized spacial score (nSPS) is 36.7. The summed E-state index contributed by atoms with van der Waals surface area (Å²) < 4.78 is 0. The van der Waals surface area contributed by atoms with Gasteiger partial charge >= 0.3 is 0 Å². The fraction of sp³-hybridized carbons (Fsp3) is 0.688. The fourth-order valence-corrected chi connectivity index (χ4v) is 5.28. The lowest BCUT2D eigenvalue weighted by Crippen LogP contribution is -2.59. The van der Waals surface area contributed by atoms with Gasteiger partial charge in [0.05, 0.1) is 0 Å². The first-order chi connectivity index (χ1) is 10.0. The molecule has 1 heterocycles. The number of amides is 1. The number of carbonyl (C=O) groups is 1. The van der Waals surface area contributed by atoms with Crippen molar-refractivity contribution in [2.45, 2.75) is 51.0 Å². The summed E-state index contributed by atoms with van der Waals surface area (Å²) in [6, 6.07) is 1.71. The van der Waals surface area contributed by atoms with Crippen LogP contribution in [0.5, 0.6) is 0 Å². The van der Waals surface area contributed by atoms with Crippen molar-refractivity contribution < 1.29 is 4.79 Å². The van der Waals surface area contributed by atoms with Gasteiger partial charge in [0.15, 0.2) is 0 Å². The zero-order valence-corrected chi connectivity index (χ0v) is 12.4. The summed E-state index contributed by atoms with van der Waals surface area (Å²) in [4.78, 5) is 20.7. The average molecular weight is 286 g/mol. The molecule has 0 aliphatic heterocycles. The van der Waals surface area contributed by atoms with Crippen molar-refractivity contribution in [1.29, 1.82) is 0 Å². The molecule has 4 aliphatic carbocycles. The number of nitrogens with two attached hydrogens (primary N) is 1. The Bertz CT molecular complexity index is 542. The number of nitrogen functional groups attached to an aromatic ring is 1. The second kappa shape index (κ2) is 4.42. The van der Waals surface area contributed by atoms with Gasteiger partial charge in [-0.15, -0.1) is 0 Å².